The molecule has 128 valence electrons. The van der Waals surface area contributed by atoms with E-state index in [4.69, 9.17) is 44.3 Å². The molecule has 7 heteroatoms. The molecule has 0 aliphatic heterocycles. The Morgan fingerprint density at radius 2 is 1.88 bits per heavy atom. The Balaban J connectivity index is 1.91. The van der Waals surface area contributed by atoms with E-state index in [0.717, 1.165) is 11.1 Å². The third-order valence-electron chi connectivity index (χ3n) is 3.15. The second kappa shape index (κ2) is 9.74. The smallest absolute Gasteiger partial charge is 0.161 e. The molecule has 0 aliphatic carbocycles. The molecular weight excluding hydrogens is 371 g/mol. The van der Waals surface area contributed by atoms with Crippen molar-refractivity contribution in [2.75, 3.05) is 13.7 Å². The molecule has 0 atom stereocenters. The summed E-state index contributed by atoms with van der Waals surface area (Å²) in [7, 11) is 1.60. The fourth-order valence-electron chi connectivity index (χ4n) is 2.00. The number of rotatable bonds is 8. The first kappa shape index (κ1) is 18.9. The van der Waals surface area contributed by atoms with E-state index >= 15 is 0 Å². The van der Waals surface area contributed by atoms with Gasteiger partial charge in [-0.25, -0.2) is 4.98 Å². The summed E-state index contributed by atoms with van der Waals surface area (Å²) >= 11 is 16.9. The van der Waals surface area contributed by atoms with E-state index in [0.29, 0.717) is 29.7 Å². The highest BCUT2D eigenvalue weighted by atomic mass is 35.5. The van der Waals surface area contributed by atoms with E-state index in [1.54, 1.807) is 25.4 Å². The summed E-state index contributed by atoms with van der Waals surface area (Å²) in [6.07, 6.45) is 3.32. The topological polar surface area (TPSA) is 43.4 Å². The van der Waals surface area contributed by atoms with Gasteiger partial charge < -0.3 is 14.8 Å². The Kier molecular flexibility index (Phi) is 7.66. The zero-order valence-corrected chi connectivity index (χ0v) is 15.3. The number of nitrogens with one attached hydrogen (secondary N) is 1. The van der Waals surface area contributed by atoms with Crippen molar-refractivity contribution in [1.82, 2.24) is 10.3 Å². The van der Waals surface area contributed by atoms with Crippen molar-refractivity contribution in [3.63, 3.8) is 0 Å². The fourth-order valence-corrected chi connectivity index (χ4v) is 2.24. The highest BCUT2D eigenvalue weighted by molar-refractivity contribution is 6.55. The van der Waals surface area contributed by atoms with Crippen LogP contribution in [0.4, 0.5) is 0 Å². The summed E-state index contributed by atoms with van der Waals surface area (Å²) in [5.74, 6) is 1.29. The monoisotopic (exact) mass is 386 g/mol. The van der Waals surface area contributed by atoms with Crippen LogP contribution in [-0.4, -0.2) is 18.7 Å². The molecule has 0 saturated carbocycles. The van der Waals surface area contributed by atoms with Crippen LogP contribution in [0.15, 0.2) is 47.1 Å². The van der Waals surface area contributed by atoms with Gasteiger partial charge in [-0.05, 0) is 35.4 Å². The van der Waals surface area contributed by atoms with Gasteiger partial charge >= 0.3 is 0 Å². The van der Waals surface area contributed by atoms with E-state index < -0.39 is 0 Å². The second-order valence-corrected chi connectivity index (χ2v) is 6.28. The van der Waals surface area contributed by atoms with Crippen molar-refractivity contribution in [2.45, 2.75) is 13.1 Å². The number of benzene rings is 1. The summed E-state index contributed by atoms with van der Waals surface area (Å²) in [5, 5.41) is 3.83. The Morgan fingerprint density at radius 3 is 2.54 bits per heavy atom. The Morgan fingerprint density at radius 1 is 1.12 bits per heavy atom. The first-order valence-corrected chi connectivity index (χ1v) is 8.34. The number of nitrogens with zero attached hydrogens (tertiary/aromatic N) is 1. The maximum atomic E-state index is 5.77. The van der Waals surface area contributed by atoms with Crippen LogP contribution in [0, 0.1) is 0 Å². The lowest BCUT2D eigenvalue weighted by molar-refractivity contribution is 0.326. The number of hydrogen-bond acceptors (Lipinski definition) is 4. The number of ether oxygens (including phenoxy) is 2. The molecule has 0 fully saturated rings. The van der Waals surface area contributed by atoms with Crippen molar-refractivity contribution in [1.29, 1.82) is 0 Å². The van der Waals surface area contributed by atoms with Gasteiger partial charge in [-0.2, -0.15) is 0 Å². The average Bonchev–Trinajstić information content (AvgIpc) is 2.57. The summed E-state index contributed by atoms with van der Waals surface area (Å²) in [6.45, 7) is 1.66. The molecule has 24 heavy (non-hydrogen) atoms. The minimum Gasteiger partial charge on any atom is -0.493 e. The van der Waals surface area contributed by atoms with Crippen LogP contribution in [0.2, 0.25) is 5.15 Å². The first-order chi connectivity index (χ1) is 11.6. The van der Waals surface area contributed by atoms with Crippen molar-refractivity contribution < 1.29 is 9.47 Å². The van der Waals surface area contributed by atoms with Crippen molar-refractivity contribution >= 4 is 34.8 Å². The molecule has 1 heterocycles. The standard InChI is InChI=1S/C17H17Cl3N2O2/c1-23-15-8-12(2-4-14(15)24-7-6-16(18)19)9-21-10-13-3-5-17(20)22-11-13/h2-6,8,11,21H,7,9-10H2,1H3. The SMILES string of the molecule is COc1cc(CNCc2ccc(Cl)nc2)ccc1OCC=C(Cl)Cl. The molecule has 0 radical (unpaired) electrons. The maximum absolute atomic E-state index is 5.77. The van der Waals surface area contributed by atoms with Crippen LogP contribution < -0.4 is 14.8 Å². The van der Waals surface area contributed by atoms with E-state index in [9.17, 15) is 0 Å². The number of halogens is 3. The summed E-state index contributed by atoms with van der Waals surface area (Å²) in [5.41, 5.74) is 2.14. The Hall–Kier alpha value is -1.46. The first-order valence-electron chi connectivity index (χ1n) is 7.20. The van der Waals surface area contributed by atoms with Crippen LogP contribution in [0.1, 0.15) is 11.1 Å². The third-order valence-corrected chi connectivity index (χ3v) is 3.68. The molecule has 0 aliphatic rings. The summed E-state index contributed by atoms with van der Waals surface area (Å²) < 4.78 is 11.1. The molecule has 2 rings (SSSR count). The van der Waals surface area contributed by atoms with Gasteiger partial charge in [0, 0.05) is 19.3 Å². The fraction of sp³-hybridized carbons (Fsp3) is 0.235. The summed E-state index contributed by atoms with van der Waals surface area (Å²) in [4.78, 5) is 4.05. The van der Waals surface area contributed by atoms with Crippen molar-refractivity contribution in [2.24, 2.45) is 0 Å². The lowest BCUT2D eigenvalue weighted by Crippen LogP contribution is -2.13. The van der Waals surface area contributed by atoms with Crippen molar-refractivity contribution in [3.8, 4) is 11.5 Å². The molecule has 2 aromatic rings. The molecule has 1 aromatic carbocycles. The zero-order chi connectivity index (χ0) is 17.4. The number of pyridine rings is 1. The lowest BCUT2D eigenvalue weighted by atomic mass is 10.2. The molecule has 0 unspecified atom stereocenters. The van der Waals surface area contributed by atoms with Gasteiger partial charge in [0.1, 0.15) is 16.3 Å². The minimum absolute atomic E-state index is 0.173. The van der Waals surface area contributed by atoms with Gasteiger partial charge in [0.15, 0.2) is 11.5 Å². The second-order valence-electron chi connectivity index (χ2n) is 4.88. The Bertz CT molecular complexity index is 687. The van der Waals surface area contributed by atoms with Crippen LogP contribution >= 0.6 is 34.8 Å². The third kappa shape index (κ3) is 6.21. The average molecular weight is 388 g/mol. The van der Waals surface area contributed by atoms with Crippen LogP contribution in [-0.2, 0) is 13.1 Å². The highest BCUT2D eigenvalue weighted by Gasteiger charge is 2.05. The molecule has 4 nitrogen and oxygen atoms in total. The normalized spacial score (nSPS) is 10.3. The number of methoxy groups -OCH3 is 1. The molecule has 1 aromatic heterocycles. The molecule has 0 spiro atoms. The van der Waals surface area contributed by atoms with Crippen LogP contribution in [0.3, 0.4) is 0 Å². The molecular formula is C17H17Cl3N2O2. The summed E-state index contributed by atoms with van der Waals surface area (Å²) in [6, 6.07) is 9.46. The van der Waals surface area contributed by atoms with E-state index in [-0.39, 0.29) is 11.1 Å². The zero-order valence-electron chi connectivity index (χ0n) is 13.1. The molecule has 0 bridgehead atoms. The molecule has 0 saturated heterocycles. The predicted molar refractivity (Wildman–Crippen MR) is 98.1 cm³/mol. The van der Waals surface area contributed by atoms with Gasteiger partial charge in [-0.15, -0.1) is 0 Å². The predicted octanol–water partition coefficient (Wildman–Crippen LogP) is 4.73. The molecule has 0 amide bonds. The van der Waals surface area contributed by atoms with Gasteiger partial charge in [0.25, 0.3) is 0 Å². The van der Waals surface area contributed by atoms with Crippen molar-refractivity contribution in [3.05, 3.63) is 63.4 Å². The van der Waals surface area contributed by atoms with Gasteiger partial charge in [-0.1, -0.05) is 46.9 Å². The molecule has 1 N–H and O–H groups in total. The maximum Gasteiger partial charge on any atom is 0.161 e. The van der Waals surface area contributed by atoms with Gasteiger partial charge in [0.05, 0.1) is 7.11 Å². The Labute approximate surface area is 156 Å². The number of hydrogen-bond donors (Lipinski definition) is 1. The van der Waals surface area contributed by atoms with Crippen LogP contribution in [0.5, 0.6) is 11.5 Å². The lowest BCUT2D eigenvalue weighted by Gasteiger charge is -2.12. The minimum atomic E-state index is 0.173. The largest absolute Gasteiger partial charge is 0.493 e. The van der Waals surface area contributed by atoms with Gasteiger partial charge in [-0.3, -0.25) is 0 Å². The van der Waals surface area contributed by atoms with E-state index in [2.05, 4.69) is 10.3 Å². The quantitative estimate of drug-likeness (QED) is 0.665. The number of aromatic nitrogens is 1. The van der Waals surface area contributed by atoms with Gasteiger partial charge in [0.2, 0.25) is 0 Å². The van der Waals surface area contributed by atoms with Crippen LogP contribution in [0.25, 0.3) is 0 Å². The highest BCUT2D eigenvalue weighted by Crippen LogP contribution is 2.28. The van der Waals surface area contributed by atoms with E-state index in [1.165, 1.54) is 0 Å². The van der Waals surface area contributed by atoms with E-state index in [1.807, 2.05) is 24.3 Å².